The largest absolute Gasteiger partial charge is 0.400 e. The van der Waals surface area contributed by atoms with Crippen LogP contribution in [0.5, 0.6) is 0 Å². The lowest BCUT2D eigenvalue weighted by Gasteiger charge is -2.02. The predicted molar refractivity (Wildman–Crippen MR) is 64.0 cm³/mol. The van der Waals surface area contributed by atoms with Gasteiger partial charge in [0.15, 0.2) is 12.5 Å². The van der Waals surface area contributed by atoms with E-state index in [0.29, 0.717) is 18.5 Å². The second-order valence-electron chi connectivity index (χ2n) is 2.91. The highest BCUT2D eigenvalue weighted by atomic mass is 16.2. The molecule has 0 aromatic heterocycles. The zero-order valence-electron chi connectivity index (χ0n) is 9.21. The van der Waals surface area contributed by atoms with E-state index in [4.69, 9.17) is 16.6 Å². The van der Waals surface area contributed by atoms with Gasteiger partial charge in [-0.05, 0) is 5.56 Å². The number of aldehydes is 1. The van der Waals surface area contributed by atoms with Crippen molar-refractivity contribution in [2.75, 3.05) is 7.11 Å². The van der Waals surface area contributed by atoms with Crippen LogP contribution < -0.4 is 11.5 Å². The first-order valence-electron chi connectivity index (χ1n) is 4.74. The number of aliphatic imine (C=N–C) groups is 1. The van der Waals surface area contributed by atoms with E-state index < -0.39 is 6.17 Å². The second kappa shape index (κ2) is 8.58. The maximum Gasteiger partial charge on any atom is 0.158 e. The third-order valence-electron chi connectivity index (χ3n) is 1.68. The minimum atomic E-state index is -0.848. The minimum Gasteiger partial charge on any atom is -0.400 e. The van der Waals surface area contributed by atoms with Gasteiger partial charge >= 0.3 is 0 Å². The lowest BCUT2D eigenvalue weighted by molar-refractivity contribution is -0.108. The molecule has 1 aromatic rings. The predicted octanol–water partition coefficient (Wildman–Crippen LogP) is -0.322. The van der Waals surface area contributed by atoms with Crippen LogP contribution in [0.25, 0.3) is 0 Å². The number of carbonyl (C=O) groups excluding carboxylic acids is 1. The van der Waals surface area contributed by atoms with Gasteiger partial charge in [-0.1, -0.05) is 30.3 Å². The fraction of sp³-hybridized carbons (Fsp3) is 0.273. The number of aliphatic hydroxyl groups excluding tert-OH is 1. The molecule has 16 heavy (non-hydrogen) atoms. The third-order valence-corrected chi connectivity index (χ3v) is 1.68. The Morgan fingerprint density at radius 2 is 2.00 bits per heavy atom. The summed E-state index contributed by atoms with van der Waals surface area (Å²) in [5, 5.41) is 7.00. The molecule has 5 N–H and O–H groups in total. The lowest BCUT2D eigenvalue weighted by Crippen LogP contribution is -2.25. The van der Waals surface area contributed by atoms with Crippen LogP contribution in [0.3, 0.4) is 0 Å². The summed E-state index contributed by atoms with van der Waals surface area (Å²) in [5.41, 5.74) is 11.9. The molecule has 0 heterocycles. The molecule has 0 fully saturated rings. The highest BCUT2D eigenvalue weighted by Gasteiger charge is 1.99. The number of rotatable bonds is 4. The number of nitrogens with two attached hydrogens (primary N) is 2. The molecule has 0 spiro atoms. The smallest absolute Gasteiger partial charge is 0.158 e. The Morgan fingerprint density at radius 3 is 2.50 bits per heavy atom. The minimum absolute atomic E-state index is 0.371. The van der Waals surface area contributed by atoms with E-state index in [9.17, 15) is 4.79 Å². The molecule has 5 nitrogen and oxygen atoms in total. The molecule has 1 unspecified atom stereocenters. The van der Waals surface area contributed by atoms with Crippen LogP contribution in [0.2, 0.25) is 0 Å². The summed E-state index contributed by atoms with van der Waals surface area (Å²) >= 11 is 0. The van der Waals surface area contributed by atoms with Gasteiger partial charge in [0.05, 0.1) is 0 Å². The molecule has 0 saturated heterocycles. The van der Waals surface area contributed by atoms with Crippen LogP contribution in [0, 0.1) is 0 Å². The molecule has 0 aliphatic heterocycles. The molecule has 0 radical (unpaired) electrons. The van der Waals surface area contributed by atoms with Crippen molar-refractivity contribution in [2.45, 2.75) is 12.6 Å². The number of amidine groups is 1. The van der Waals surface area contributed by atoms with Crippen molar-refractivity contribution in [1.82, 2.24) is 0 Å². The molecule has 1 atom stereocenters. The molecular weight excluding hydrogens is 206 g/mol. The summed E-state index contributed by atoms with van der Waals surface area (Å²) < 4.78 is 0. The van der Waals surface area contributed by atoms with Crippen molar-refractivity contribution in [3.05, 3.63) is 35.9 Å². The molecule has 0 aliphatic rings. The van der Waals surface area contributed by atoms with Gasteiger partial charge in [-0.25, -0.2) is 4.99 Å². The topological polar surface area (TPSA) is 102 Å². The Balaban J connectivity index is 0.00000106. The monoisotopic (exact) mass is 223 g/mol. The zero-order chi connectivity index (χ0) is 12.4. The van der Waals surface area contributed by atoms with Crippen LogP contribution in [-0.2, 0) is 11.2 Å². The molecular formula is C11H17N3O2. The molecule has 1 aromatic carbocycles. The molecule has 1 rings (SSSR count). The van der Waals surface area contributed by atoms with Crippen LogP contribution >= 0.6 is 0 Å². The maximum absolute atomic E-state index is 10.2. The first-order chi connectivity index (χ1) is 7.72. The number of hydrogen-bond donors (Lipinski definition) is 3. The van der Waals surface area contributed by atoms with E-state index in [2.05, 4.69) is 4.99 Å². The van der Waals surface area contributed by atoms with Gasteiger partial charge in [0, 0.05) is 13.5 Å². The zero-order valence-corrected chi connectivity index (χ0v) is 9.21. The van der Waals surface area contributed by atoms with Gasteiger partial charge in [0.2, 0.25) is 0 Å². The molecule has 0 bridgehead atoms. The van der Waals surface area contributed by atoms with Gasteiger partial charge in [-0.3, -0.25) is 4.79 Å². The quantitative estimate of drug-likeness (QED) is 0.370. The van der Waals surface area contributed by atoms with Crippen LogP contribution in [0.1, 0.15) is 5.56 Å². The summed E-state index contributed by atoms with van der Waals surface area (Å²) in [5.74, 6) is 0.371. The van der Waals surface area contributed by atoms with Gasteiger partial charge < -0.3 is 16.6 Å². The first kappa shape index (κ1) is 14.3. The highest BCUT2D eigenvalue weighted by Crippen LogP contribution is 1.99. The van der Waals surface area contributed by atoms with E-state index in [-0.39, 0.29) is 0 Å². The van der Waals surface area contributed by atoms with Gasteiger partial charge in [-0.15, -0.1) is 0 Å². The van der Waals surface area contributed by atoms with Crippen molar-refractivity contribution in [3.63, 3.8) is 0 Å². The molecule has 0 aliphatic carbocycles. The normalized spacial score (nSPS) is 12.3. The molecule has 0 saturated carbocycles. The van der Waals surface area contributed by atoms with Gasteiger partial charge in [0.25, 0.3) is 0 Å². The maximum atomic E-state index is 10.2. The summed E-state index contributed by atoms with van der Waals surface area (Å²) in [4.78, 5) is 14.0. The Bertz CT molecular complexity index is 325. The third kappa shape index (κ3) is 5.90. The van der Waals surface area contributed by atoms with Crippen molar-refractivity contribution in [2.24, 2.45) is 16.5 Å². The average molecular weight is 223 g/mol. The number of hydrogen-bond acceptors (Lipinski definition) is 4. The number of carbonyl (C=O) groups is 1. The summed E-state index contributed by atoms with van der Waals surface area (Å²) in [6.45, 7) is 0. The number of nitrogens with zero attached hydrogens (tertiary/aromatic N) is 1. The van der Waals surface area contributed by atoms with Crippen molar-refractivity contribution in [3.8, 4) is 0 Å². The Kier molecular flexibility index (Phi) is 7.66. The van der Waals surface area contributed by atoms with Crippen LogP contribution in [-0.4, -0.2) is 30.5 Å². The molecule has 5 heteroatoms. The Morgan fingerprint density at radius 1 is 1.44 bits per heavy atom. The molecule has 0 amide bonds. The first-order valence-corrected chi connectivity index (χ1v) is 4.74. The fourth-order valence-corrected chi connectivity index (χ4v) is 1.07. The summed E-state index contributed by atoms with van der Waals surface area (Å²) in [6.07, 6.45) is 0.221. The Labute approximate surface area is 94.8 Å². The van der Waals surface area contributed by atoms with Crippen LogP contribution in [0.15, 0.2) is 35.3 Å². The van der Waals surface area contributed by atoms with Crippen molar-refractivity contribution >= 4 is 12.1 Å². The van der Waals surface area contributed by atoms with Gasteiger partial charge in [0.1, 0.15) is 5.84 Å². The lowest BCUT2D eigenvalue weighted by atomic mass is 10.1. The van der Waals surface area contributed by atoms with E-state index >= 15 is 0 Å². The standard InChI is InChI=1S/C10H13N3O.CH4O/c11-9(13-10(12)7-14)6-8-4-2-1-3-5-8;1-2/h1-5,7,10H,6,12H2,(H2,11,13);2H,1H3. The van der Waals surface area contributed by atoms with Gasteiger partial charge in [-0.2, -0.15) is 0 Å². The fourth-order valence-electron chi connectivity index (χ4n) is 1.07. The van der Waals surface area contributed by atoms with E-state index in [0.717, 1.165) is 12.7 Å². The second-order valence-corrected chi connectivity index (χ2v) is 2.91. The highest BCUT2D eigenvalue weighted by molar-refractivity contribution is 5.84. The number of aliphatic hydroxyl groups is 1. The van der Waals surface area contributed by atoms with Crippen LogP contribution in [0.4, 0.5) is 0 Å². The van der Waals surface area contributed by atoms with Crippen molar-refractivity contribution < 1.29 is 9.90 Å². The molecule has 88 valence electrons. The summed E-state index contributed by atoms with van der Waals surface area (Å²) in [7, 11) is 1.00. The van der Waals surface area contributed by atoms with E-state index in [1.165, 1.54) is 0 Å². The average Bonchev–Trinajstić information content (AvgIpc) is 2.32. The summed E-state index contributed by atoms with van der Waals surface area (Å²) in [6, 6.07) is 9.64. The van der Waals surface area contributed by atoms with Crippen molar-refractivity contribution in [1.29, 1.82) is 0 Å². The van der Waals surface area contributed by atoms with E-state index in [1.807, 2.05) is 30.3 Å². The Hall–Kier alpha value is -1.72. The number of benzene rings is 1. The SMILES string of the molecule is CO.N/C(Cc1ccccc1)=N\C(N)C=O. The van der Waals surface area contributed by atoms with E-state index in [1.54, 1.807) is 0 Å².